The van der Waals surface area contributed by atoms with Gasteiger partial charge in [-0.25, -0.2) is 0 Å². The van der Waals surface area contributed by atoms with Crippen LogP contribution in [0.4, 0.5) is 5.69 Å². The molecule has 0 aliphatic rings. The Balaban J connectivity index is 3.05. The predicted octanol–water partition coefficient (Wildman–Crippen LogP) is 1.43. The van der Waals surface area contributed by atoms with Gasteiger partial charge in [-0.1, -0.05) is 13.8 Å². The van der Waals surface area contributed by atoms with Crippen LogP contribution in [0.3, 0.4) is 0 Å². The topological polar surface area (TPSA) is 64.2 Å². The highest BCUT2D eigenvalue weighted by molar-refractivity contribution is 5.98. The predicted molar refractivity (Wildman–Crippen MR) is 68.8 cm³/mol. The smallest absolute Gasteiger partial charge is 0.274 e. The third-order valence-corrected chi connectivity index (χ3v) is 3.37. The van der Waals surface area contributed by atoms with Crippen molar-refractivity contribution >= 4 is 11.6 Å². The van der Waals surface area contributed by atoms with Crippen LogP contribution in [0.1, 0.15) is 37.0 Å². The van der Waals surface area contributed by atoms with Gasteiger partial charge in [-0.3, -0.25) is 9.48 Å². The molecule has 1 amide bonds. The Hall–Kier alpha value is -1.52. The van der Waals surface area contributed by atoms with E-state index in [0.717, 1.165) is 0 Å². The fourth-order valence-corrected chi connectivity index (χ4v) is 1.73. The second kappa shape index (κ2) is 4.77. The summed E-state index contributed by atoms with van der Waals surface area (Å²) < 4.78 is 1.55. The molecule has 2 N–H and O–H groups in total. The number of rotatable bonds is 3. The van der Waals surface area contributed by atoms with E-state index >= 15 is 0 Å². The largest absolute Gasteiger partial charge is 0.395 e. The minimum atomic E-state index is -0.0770. The third kappa shape index (κ3) is 2.43. The van der Waals surface area contributed by atoms with Gasteiger partial charge in [-0.2, -0.15) is 5.10 Å². The molecule has 0 bridgehead atoms. The number of carbonyl (C=O) groups is 1. The van der Waals surface area contributed by atoms with Crippen LogP contribution in [-0.4, -0.2) is 33.7 Å². The summed E-state index contributed by atoms with van der Waals surface area (Å²) in [6.45, 7) is 8.01. The van der Waals surface area contributed by atoms with E-state index in [-0.39, 0.29) is 11.9 Å². The average Bonchev–Trinajstić information content (AvgIpc) is 2.50. The van der Waals surface area contributed by atoms with E-state index in [2.05, 4.69) is 18.9 Å². The van der Waals surface area contributed by atoms with Crippen LogP contribution >= 0.6 is 0 Å². The molecule has 0 radical (unpaired) electrons. The number of nitrogens with two attached hydrogens (primary N) is 1. The summed E-state index contributed by atoms with van der Waals surface area (Å²) >= 11 is 0. The lowest BCUT2D eigenvalue weighted by atomic mass is 10.0. The van der Waals surface area contributed by atoms with Gasteiger partial charge in [0.2, 0.25) is 0 Å². The van der Waals surface area contributed by atoms with E-state index in [4.69, 9.17) is 5.73 Å². The summed E-state index contributed by atoms with van der Waals surface area (Å²) in [4.78, 5) is 14.1. The summed E-state index contributed by atoms with van der Waals surface area (Å²) in [5.74, 6) is 0.325. The Kier molecular flexibility index (Phi) is 3.80. The molecule has 1 atom stereocenters. The molecule has 0 fully saturated rings. The van der Waals surface area contributed by atoms with E-state index in [0.29, 0.717) is 23.0 Å². The number of anilines is 1. The second-order valence-electron chi connectivity index (χ2n) is 4.87. The van der Waals surface area contributed by atoms with E-state index in [1.807, 2.05) is 6.92 Å². The molecule has 1 aromatic heterocycles. The number of nitrogens with zero attached hydrogens (tertiary/aromatic N) is 3. The maximum atomic E-state index is 12.3. The Labute approximate surface area is 103 Å². The molecule has 1 rings (SSSR count). The first-order chi connectivity index (χ1) is 7.77. The van der Waals surface area contributed by atoms with Crippen molar-refractivity contribution in [2.75, 3.05) is 12.8 Å². The van der Waals surface area contributed by atoms with E-state index in [9.17, 15) is 4.79 Å². The maximum Gasteiger partial charge on any atom is 0.274 e. The number of aryl methyl sites for hydroxylation is 2. The highest BCUT2D eigenvalue weighted by Gasteiger charge is 2.25. The van der Waals surface area contributed by atoms with Crippen molar-refractivity contribution < 1.29 is 4.79 Å². The zero-order valence-electron chi connectivity index (χ0n) is 11.5. The van der Waals surface area contributed by atoms with Crippen molar-refractivity contribution in [1.82, 2.24) is 14.7 Å². The summed E-state index contributed by atoms with van der Waals surface area (Å²) in [7, 11) is 3.54. The normalized spacial score (nSPS) is 12.9. The van der Waals surface area contributed by atoms with Crippen LogP contribution in [0, 0.1) is 12.8 Å². The average molecular weight is 238 g/mol. The minimum absolute atomic E-state index is 0.0770. The van der Waals surface area contributed by atoms with Gasteiger partial charge in [0.15, 0.2) is 0 Å². The van der Waals surface area contributed by atoms with E-state index < -0.39 is 0 Å². The summed E-state index contributed by atoms with van der Waals surface area (Å²) in [6.07, 6.45) is 0. The molecule has 0 spiro atoms. The van der Waals surface area contributed by atoms with Gasteiger partial charge in [-0.15, -0.1) is 0 Å². The molecular weight excluding hydrogens is 216 g/mol. The molecular formula is C12H22N4O. The van der Waals surface area contributed by atoms with Crippen LogP contribution in [0.25, 0.3) is 0 Å². The quantitative estimate of drug-likeness (QED) is 0.866. The Bertz CT molecular complexity index is 422. The standard InChI is InChI=1S/C12H22N4O/c1-7(2)9(4)15(5)12(17)11-10(13)8(3)14-16(11)6/h7,9H,13H2,1-6H3. The number of hydrogen-bond donors (Lipinski definition) is 1. The Morgan fingerprint density at radius 3 is 2.29 bits per heavy atom. The first-order valence-electron chi connectivity index (χ1n) is 5.83. The van der Waals surface area contributed by atoms with Gasteiger partial charge >= 0.3 is 0 Å². The van der Waals surface area contributed by atoms with Crippen molar-refractivity contribution in [2.24, 2.45) is 13.0 Å². The molecule has 96 valence electrons. The van der Waals surface area contributed by atoms with Crippen molar-refractivity contribution in [3.8, 4) is 0 Å². The van der Waals surface area contributed by atoms with Crippen molar-refractivity contribution in [3.63, 3.8) is 0 Å². The lowest BCUT2D eigenvalue weighted by molar-refractivity contribution is 0.0697. The Morgan fingerprint density at radius 2 is 1.94 bits per heavy atom. The number of nitrogen functional groups attached to an aromatic ring is 1. The molecule has 0 aliphatic carbocycles. The van der Waals surface area contributed by atoms with Gasteiger partial charge in [-0.05, 0) is 19.8 Å². The Morgan fingerprint density at radius 1 is 1.41 bits per heavy atom. The first-order valence-corrected chi connectivity index (χ1v) is 5.83. The van der Waals surface area contributed by atoms with Crippen LogP contribution in [0.5, 0.6) is 0 Å². The fourth-order valence-electron chi connectivity index (χ4n) is 1.73. The van der Waals surface area contributed by atoms with Gasteiger partial charge in [0.1, 0.15) is 5.69 Å². The highest BCUT2D eigenvalue weighted by atomic mass is 16.2. The summed E-state index contributed by atoms with van der Waals surface area (Å²) in [5, 5.41) is 4.16. The summed E-state index contributed by atoms with van der Waals surface area (Å²) in [5.41, 5.74) is 7.53. The van der Waals surface area contributed by atoms with Crippen molar-refractivity contribution in [2.45, 2.75) is 33.7 Å². The zero-order valence-corrected chi connectivity index (χ0v) is 11.5. The third-order valence-electron chi connectivity index (χ3n) is 3.37. The molecule has 1 aromatic rings. The summed E-state index contributed by atoms with van der Waals surface area (Å²) in [6, 6.07) is 0.164. The van der Waals surface area contributed by atoms with Crippen LogP contribution in [-0.2, 0) is 7.05 Å². The second-order valence-corrected chi connectivity index (χ2v) is 4.87. The number of aromatic nitrogens is 2. The van der Waals surface area contributed by atoms with Crippen molar-refractivity contribution in [3.05, 3.63) is 11.4 Å². The fraction of sp³-hybridized carbons (Fsp3) is 0.667. The van der Waals surface area contributed by atoms with Gasteiger partial charge in [0.05, 0.1) is 11.4 Å². The van der Waals surface area contributed by atoms with Gasteiger partial charge in [0.25, 0.3) is 5.91 Å². The minimum Gasteiger partial charge on any atom is -0.395 e. The van der Waals surface area contributed by atoms with Gasteiger partial charge < -0.3 is 10.6 Å². The molecule has 0 saturated heterocycles. The molecule has 5 nitrogen and oxygen atoms in total. The number of carbonyl (C=O) groups excluding carboxylic acids is 1. The van der Waals surface area contributed by atoms with Gasteiger partial charge in [0, 0.05) is 20.1 Å². The molecule has 5 heteroatoms. The molecule has 1 heterocycles. The van der Waals surface area contributed by atoms with E-state index in [1.165, 1.54) is 0 Å². The molecule has 1 unspecified atom stereocenters. The van der Waals surface area contributed by atoms with Crippen LogP contribution < -0.4 is 5.73 Å². The van der Waals surface area contributed by atoms with E-state index in [1.54, 1.807) is 30.6 Å². The molecule has 0 aliphatic heterocycles. The monoisotopic (exact) mass is 238 g/mol. The molecule has 0 saturated carbocycles. The molecule has 17 heavy (non-hydrogen) atoms. The van der Waals surface area contributed by atoms with Crippen LogP contribution in [0.15, 0.2) is 0 Å². The highest BCUT2D eigenvalue weighted by Crippen LogP contribution is 2.19. The first kappa shape index (κ1) is 13.5. The lowest BCUT2D eigenvalue weighted by Crippen LogP contribution is -2.39. The molecule has 0 aromatic carbocycles. The lowest BCUT2D eigenvalue weighted by Gasteiger charge is -2.28. The SMILES string of the molecule is Cc1nn(C)c(C(=O)N(C)C(C)C(C)C)c1N. The van der Waals surface area contributed by atoms with Crippen LogP contribution in [0.2, 0.25) is 0 Å². The number of amides is 1. The maximum absolute atomic E-state index is 12.3. The number of hydrogen-bond acceptors (Lipinski definition) is 3. The van der Waals surface area contributed by atoms with Crippen molar-refractivity contribution in [1.29, 1.82) is 0 Å². The zero-order chi connectivity index (χ0) is 13.3.